The zero-order valence-corrected chi connectivity index (χ0v) is 12.9. The van der Waals surface area contributed by atoms with Crippen LogP contribution in [0.5, 0.6) is 5.75 Å². The SMILES string of the molecule is COc1cc2c(C3CO3)cc(-c3cccs3)nc2cc1Cl. The minimum absolute atomic E-state index is 0.153. The van der Waals surface area contributed by atoms with Crippen molar-refractivity contribution < 1.29 is 9.47 Å². The molecular weight excluding hydrogens is 306 g/mol. The Morgan fingerprint density at radius 3 is 2.90 bits per heavy atom. The van der Waals surface area contributed by atoms with E-state index in [1.54, 1.807) is 18.4 Å². The second-order valence-corrected chi connectivity index (χ2v) is 6.25. The second kappa shape index (κ2) is 4.98. The first-order valence-corrected chi connectivity index (χ1v) is 7.85. The molecule has 1 aliphatic heterocycles. The maximum atomic E-state index is 6.23. The highest BCUT2D eigenvalue weighted by molar-refractivity contribution is 7.13. The lowest BCUT2D eigenvalue weighted by atomic mass is 10.0. The Bertz CT molecular complexity index is 813. The predicted molar refractivity (Wildman–Crippen MR) is 85.3 cm³/mol. The molecule has 1 fully saturated rings. The lowest BCUT2D eigenvalue weighted by Crippen LogP contribution is -1.93. The Morgan fingerprint density at radius 2 is 2.24 bits per heavy atom. The van der Waals surface area contributed by atoms with Crippen LogP contribution in [0.3, 0.4) is 0 Å². The Kier molecular flexibility index (Phi) is 3.10. The smallest absolute Gasteiger partial charge is 0.138 e. The normalized spacial score (nSPS) is 17.1. The maximum absolute atomic E-state index is 6.23. The molecule has 0 spiro atoms. The van der Waals surface area contributed by atoms with Crippen molar-refractivity contribution >= 4 is 33.8 Å². The number of benzene rings is 1. The van der Waals surface area contributed by atoms with Gasteiger partial charge in [-0.05, 0) is 35.2 Å². The summed E-state index contributed by atoms with van der Waals surface area (Å²) in [4.78, 5) is 5.88. The van der Waals surface area contributed by atoms with Gasteiger partial charge in [-0.1, -0.05) is 17.7 Å². The van der Waals surface area contributed by atoms with Gasteiger partial charge in [-0.25, -0.2) is 4.98 Å². The van der Waals surface area contributed by atoms with Gasteiger partial charge in [0.1, 0.15) is 11.9 Å². The number of aromatic nitrogens is 1. The molecule has 0 saturated carbocycles. The Balaban J connectivity index is 1.99. The van der Waals surface area contributed by atoms with Gasteiger partial charge in [-0.3, -0.25) is 0 Å². The average molecular weight is 318 g/mol. The number of hydrogen-bond donors (Lipinski definition) is 0. The summed E-state index contributed by atoms with van der Waals surface area (Å²) in [6.45, 7) is 0.758. The molecule has 0 aliphatic carbocycles. The third-order valence-electron chi connectivity index (χ3n) is 3.57. The quantitative estimate of drug-likeness (QED) is 0.657. The van der Waals surface area contributed by atoms with Crippen LogP contribution in [-0.4, -0.2) is 18.7 Å². The second-order valence-electron chi connectivity index (χ2n) is 4.90. The zero-order chi connectivity index (χ0) is 14.4. The number of methoxy groups -OCH3 is 1. The lowest BCUT2D eigenvalue weighted by Gasteiger charge is -2.10. The van der Waals surface area contributed by atoms with E-state index in [1.807, 2.05) is 18.2 Å². The van der Waals surface area contributed by atoms with Crippen molar-refractivity contribution in [2.24, 2.45) is 0 Å². The summed E-state index contributed by atoms with van der Waals surface area (Å²) < 4.78 is 10.8. The molecule has 5 heteroatoms. The summed E-state index contributed by atoms with van der Waals surface area (Å²) in [7, 11) is 1.62. The Labute approximate surface area is 131 Å². The predicted octanol–water partition coefficient (Wildman–Crippen LogP) is 4.70. The molecule has 3 nitrogen and oxygen atoms in total. The van der Waals surface area contributed by atoms with Crippen LogP contribution in [0, 0.1) is 0 Å². The summed E-state index contributed by atoms with van der Waals surface area (Å²) >= 11 is 7.91. The van der Waals surface area contributed by atoms with Gasteiger partial charge < -0.3 is 9.47 Å². The largest absolute Gasteiger partial charge is 0.495 e. The molecule has 3 aromatic rings. The molecule has 1 aliphatic rings. The molecule has 106 valence electrons. The van der Waals surface area contributed by atoms with E-state index in [9.17, 15) is 0 Å². The van der Waals surface area contributed by atoms with E-state index >= 15 is 0 Å². The summed E-state index contributed by atoms with van der Waals surface area (Å²) in [5, 5.41) is 3.66. The van der Waals surface area contributed by atoms with Crippen molar-refractivity contribution in [2.45, 2.75) is 6.10 Å². The van der Waals surface area contributed by atoms with Crippen molar-refractivity contribution in [3.63, 3.8) is 0 Å². The van der Waals surface area contributed by atoms with Gasteiger partial charge in [0.25, 0.3) is 0 Å². The van der Waals surface area contributed by atoms with Crippen molar-refractivity contribution in [1.29, 1.82) is 0 Å². The van der Waals surface area contributed by atoms with Crippen LogP contribution in [-0.2, 0) is 4.74 Å². The van der Waals surface area contributed by atoms with E-state index in [-0.39, 0.29) is 6.10 Å². The molecule has 1 aromatic carbocycles. The van der Waals surface area contributed by atoms with Crippen LogP contribution in [0.25, 0.3) is 21.5 Å². The standard InChI is InChI=1S/C16H12ClNO2S/c1-19-14-6-9-10(15-8-20-15)5-13(16-3-2-4-21-16)18-12(9)7-11(14)17/h2-7,15H,8H2,1H3. The number of fused-ring (bicyclic) bond motifs is 1. The van der Waals surface area contributed by atoms with Gasteiger partial charge >= 0.3 is 0 Å². The van der Waals surface area contributed by atoms with Gasteiger partial charge in [-0.15, -0.1) is 11.3 Å². The Morgan fingerprint density at radius 1 is 1.38 bits per heavy atom. The number of halogens is 1. The summed E-state index contributed by atoms with van der Waals surface area (Å²) in [5.41, 5.74) is 2.99. The van der Waals surface area contributed by atoms with Crippen LogP contribution in [0.15, 0.2) is 35.7 Å². The number of nitrogens with zero attached hydrogens (tertiary/aromatic N) is 1. The highest BCUT2D eigenvalue weighted by Crippen LogP contribution is 2.40. The molecule has 1 unspecified atom stereocenters. The van der Waals surface area contributed by atoms with Gasteiger partial charge in [0, 0.05) is 5.39 Å². The fraction of sp³-hybridized carbons (Fsp3) is 0.188. The number of ether oxygens (including phenoxy) is 2. The van der Waals surface area contributed by atoms with Crippen molar-refractivity contribution in [3.8, 4) is 16.3 Å². The van der Waals surface area contributed by atoms with E-state index in [0.717, 1.165) is 33.6 Å². The molecule has 0 N–H and O–H groups in total. The van der Waals surface area contributed by atoms with E-state index in [1.165, 1.54) is 0 Å². The summed E-state index contributed by atoms with van der Waals surface area (Å²) in [6, 6.07) is 10.0. The van der Waals surface area contributed by atoms with Crippen LogP contribution in [0.2, 0.25) is 5.02 Å². The number of pyridine rings is 1. The van der Waals surface area contributed by atoms with E-state index in [2.05, 4.69) is 17.5 Å². The number of rotatable bonds is 3. The Hall–Kier alpha value is -1.62. The molecular formula is C16H12ClNO2S. The van der Waals surface area contributed by atoms with Gasteiger partial charge in [0.15, 0.2) is 0 Å². The molecule has 1 saturated heterocycles. The molecule has 3 heterocycles. The van der Waals surface area contributed by atoms with Crippen LogP contribution in [0.4, 0.5) is 0 Å². The number of hydrogen-bond acceptors (Lipinski definition) is 4. The van der Waals surface area contributed by atoms with Gasteiger partial charge in [0.05, 0.1) is 34.8 Å². The third kappa shape index (κ3) is 2.29. The highest BCUT2D eigenvalue weighted by atomic mass is 35.5. The highest BCUT2D eigenvalue weighted by Gasteiger charge is 2.28. The summed E-state index contributed by atoms with van der Waals surface area (Å²) in [6.07, 6.45) is 0.153. The van der Waals surface area contributed by atoms with Crippen molar-refractivity contribution in [2.75, 3.05) is 13.7 Å². The molecule has 0 bridgehead atoms. The average Bonchev–Trinajstić information content (AvgIpc) is 3.19. The van der Waals surface area contributed by atoms with Crippen LogP contribution >= 0.6 is 22.9 Å². The molecule has 2 aromatic heterocycles. The molecule has 21 heavy (non-hydrogen) atoms. The first-order valence-electron chi connectivity index (χ1n) is 6.60. The monoisotopic (exact) mass is 317 g/mol. The fourth-order valence-electron chi connectivity index (χ4n) is 2.45. The minimum Gasteiger partial charge on any atom is -0.495 e. The van der Waals surface area contributed by atoms with Gasteiger partial charge in [-0.2, -0.15) is 0 Å². The maximum Gasteiger partial charge on any atom is 0.138 e. The molecule has 0 amide bonds. The number of epoxide rings is 1. The molecule has 0 radical (unpaired) electrons. The topological polar surface area (TPSA) is 34.6 Å². The minimum atomic E-state index is 0.153. The number of thiophene rings is 1. The van der Waals surface area contributed by atoms with E-state index in [4.69, 9.17) is 26.1 Å². The fourth-order valence-corrected chi connectivity index (χ4v) is 3.38. The van der Waals surface area contributed by atoms with Crippen molar-refractivity contribution in [1.82, 2.24) is 4.98 Å². The first kappa shape index (κ1) is 13.1. The van der Waals surface area contributed by atoms with Gasteiger partial charge in [0.2, 0.25) is 0 Å². The molecule has 1 atom stereocenters. The zero-order valence-electron chi connectivity index (χ0n) is 11.3. The van der Waals surface area contributed by atoms with E-state index in [0.29, 0.717) is 10.8 Å². The van der Waals surface area contributed by atoms with Crippen LogP contribution < -0.4 is 4.74 Å². The molecule has 4 rings (SSSR count). The lowest BCUT2D eigenvalue weighted by molar-refractivity contribution is 0.414. The van der Waals surface area contributed by atoms with Crippen LogP contribution in [0.1, 0.15) is 11.7 Å². The third-order valence-corrected chi connectivity index (χ3v) is 4.76. The van der Waals surface area contributed by atoms with E-state index < -0.39 is 0 Å². The first-order chi connectivity index (χ1) is 10.3. The summed E-state index contributed by atoms with van der Waals surface area (Å²) in [5.74, 6) is 0.664. The van der Waals surface area contributed by atoms with Crippen molar-refractivity contribution in [3.05, 3.63) is 46.3 Å².